The van der Waals surface area contributed by atoms with Crippen LogP contribution in [0.15, 0.2) is 12.3 Å². The van der Waals surface area contributed by atoms with E-state index in [0.717, 1.165) is 25.3 Å². The molecule has 0 aliphatic carbocycles. The van der Waals surface area contributed by atoms with E-state index in [-0.39, 0.29) is 5.54 Å². The molecule has 1 aromatic rings. The van der Waals surface area contributed by atoms with Gasteiger partial charge in [-0.3, -0.25) is 9.58 Å². The molecule has 16 heavy (non-hydrogen) atoms. The fourth-order valence-corrected chi connectivity index (χ4v) is 1.52. The molecule has 4 heteroatoms. The number of rotatable bonds is 5. The summed E-state index contributed by atoms with van der Waals surface area (Å²) >= 11 is 0. The number of hydrogen-bond acceptors (Lipinski definition) is 3. The van der Waals surface area contributed by atoms with Gasteiger partial charge in [0.25, 0.3) is 0 Å². The molecule has 1 rings (SSSR count). The normalized spacial score (nSPS) is 12.4. The highest BCUT2D eigenvalue weighted by Crippen LogP contribution is 2.00. The zero-order valence-electron chi connectivity index (χ0n) is 11.1. The molecule has 1 N–H and O–H groups in total. The van der Waals surface area contributed by atoms with Crippen LogP contribution in [0.25, 0.3) is 0 Å². The van der Waals surface area contributed by atoms with Crippen molar-refractivity contribution in [1.29, 1.82) is 0 Å². The standard InChI is InChI=1S/C12H24N4/c1-12(2,3)13-7-9-15(4)10-11-6-8-16(5)14-11/h6,8,13H,7,9-10H2,1-5H3. The van der Waals surface area contributed by atoms with Gasteiger partial charge in [0, 0.05) is 38.4 Å². The lowest BCUT2D eigenvalue weighted by Crippen LogP contribution is -2.40. The van der Waals surface area contributed by atoms with Crippen molar-refractivity contribution in [3.05, 3.63) is 18.0 Å². The van der Waals surface area contributed by atoms with Crippen molar-refractivity contribution in [2.24, 2.45) is 7.05 Å². The molecule has 0 unspecified atom stereocenters. The van der Waals surface area contributed by atoms with E-state index in [1.54, 1.807) is 0 Å². The molecule has 0 aliphatic rings. The highest BCUT2D eigenvalue weighted by atomic mass is 15.3. The summed E-state index contributed by atoms with van der Waals surface area (Å²) in [5.41, 5.74) is 1.33. The van der Waals surface area contributed by atoms with E-state index in [9.17, 15) is 0 Å². The summed E-state index contributed by atoms with van der Waals surface area (Å²) in [4.78, 5) is 2.28. The zero-order valence-corrected chi connectivity index (χ0v) is 11.1. The van der Waals surface area contributed by atoms with Crippen LogP contribution < -0.4 is 5.32 Å². The first-order valence-electron chi connectivity index (χ1n) is 5.79. The molecule has 1 aromatic heterocycles. The molecule has 0 spiro atoms. The maximum atomic E-state index is 4.36. The molecule has 0 radical (unpaired) electrons. The van der Waals surface area contributed by atoms with Gasteiger partial charge in [0.2, 0.25) is 0 Å². The van der Waals surface area contributed by atoms with Crippen molar-refractivity contribution < 1.29 is 0 Å². The Balaban J connectivity index is 2.23. The van der Waals surface area contributed by atoms with Crippen LogP contribution in [-0.4, -0.2) is 40.4 Å². The molecule has 0 fully saturated rings. The summed E-state index contributed by atoms with van der Waals surface area (Å²) < 4.78 is 1.84. The smallest absolute Gasteiger partial charge is 0.0764 e. The Bertz CT molecular complexity index is 311. The number of aryl methyl sites for hydroxylation is 1. The van der Waals surface area contributed by atoms with Crippen LogP contribution in [0, 0.1) is 0 Å². The molecule has 92 valence electrons. The first-order chi connectivity index (χ1) is 7.37. The summed E-state index contributed by atoms with van der Waals surface area (Å²) in [6, 6.07) is 2.06. The molecule has 0 atom stereocenters. The molecule has 0 aliphatic heterocycles. The maximum absolute atomic E-state index is 4.36. The summed E-state index contributed by atoms with van der Waals surface area (Å²) in [5, 5.41) is 7.84. The van der Waals surface area contributed by atoms with Crippen molar-refractivity contribution in [2.75, 3.05) is 20.1 Å². The Labute approximate surface area is 98.6 Å². The Hall–Kier alpha value is -0.870. The third-order valence-corrected chi connectivity index (χ3v) is 2.35. The fraction of sp³-hybridized carbons (Fsp3) is 0.750. The van der Waals surface area contributed by atoms with Crippen LogP contribution in [0.3, 0.4) is 0 Å². The molecule has 0 bridgehead atoms. The monoisotopic (exact) mass is 224 g/mol. The van der Waals surface area contributed by atoms with Gasteiger partial charge in [0.1, 0.15) is 0 Å². The third-order valence-electron chi connectivity index (χ3n) is 2.35. The van der Waals surface area contributed by atoms with E-state index in [4.69, 9.17) is 0 Å². The van der Waals surface area contributed by atoms with Gasteiger partial charge in [-0.05, 0) is 33.9 Å². The Morgan fingerprint density at radius 1 is 1.44 bits per heavy atom. The Morgan fingerprint density at radius 2 is 2.12 bits per heavy atom. The minimum absolute atomic E-state index is 0.200. The highest BCUT2D eigenvalue weighted by Gasteiger charge is 2.09. The largest absolute Gasteiger partial charge is 0.311 e. The highest BCUT2D eigenvalue weighted by molar-refractivity contribution is 4.98. The average molecular weight is 224 g/mol. The molecule has 4 nitrogen and oxygen atoms in total. The lowest BCUT2D eigenvalue weighted by atomic mass is 10.1. The van der Waals surface area contributed by atoms with Gasteiger partial charge in [-0.15, -0.1) is 0 Å². The molecular formula is C12H24N4. The van der Waals surface area contributed by atoms with Crippen LogP contribution in [0.4, 0.5) is 0 Å². The van der Waals surface area contributed by atoms with Crippen molar-refractivity contribution in [3.8, 4) is 0 Å². The number of hydrogen-bond donors (Lipinski definition) is 1. The van der Waals surface area contributed by atoms with E-state index < -0.39 is 0 Å². The van der Waals surface area contributed by atoms with Gasteiger partial charge in [0.05, 0.1) is 5.69 Å². The van der Waals surface area contributed by atoms with Crippen molar-refractivity contribution in [3.63, 3.8) is 0 Å². The van der Waals surface area contributed by atoms with Crippen LogP contribution >= 0.6 is 0 Å². The van der Waals surface area contributed by atoms with E-state index in [2.05, 4.69) is 49.2 Å². The third kappa shape index (κ3) is 5.28. The van der Waals surface area contributed by atoms with E-state index >= 15 is 0 Å². The summed E-state index contributed by atoms with van der Waals surface area (Å²) in [7, 11) is 4.07. The first-order valence-corrected chi connectivity index (χ1v) is 5.79. The van der Waals surface area contributed by atoms with Crippen molar-refractivity contribution >= 4 is 0 Å². The van der Waals surface area contributed by atoms with Crippen molar-refractivity contribution in [1.82, 2.24) is 20.0 Å². The molecular weight excluding hydrogens is 200 g/mol. The summed E-state index contributed by atoms with van der Waals surface area (Å²) in [5.74, 6) is 0. The van der Waals surface area contributed by atoms with Gasteiger partial charge in [-0.25, -0.2) is 0 Å². The number of nitrogens with zero attached hydrogens (tertiary/aromatic N) is 3. The van der Waals surface area contributed by atoms with Crippen LogP contribution in [0.2, 0.25) is 0 Å². The van der Waals surface area contributed by atoms with Crippen LogP contribution in [0.5, 0.6) is 0 Å². The van der Waals surface area contributed by atoms with Gasteiger partial charge < -0.3 is 5.32 Å². The van der Waals surface area contributed by atoms with Gasteiger partial charge >= 0.3 is 0 Å². The second-order valence-corrected chi connectivity index (χ2v) is 5.40. The lowest BCUT2D eigenvalue weighted by molar-refractivity contribution is 0.300. The molecule has 0 aromatic carbocycles. The predicted molar refractivity (Wildman–Crippen MR) is 67.3 cm³/mol. The maximum Gasteiger partial charge on any atom is 0.0764 e. The van der Waals surface area contributed by atoms with E-state index in [1.165, 1.54) is 0 Å². The number of likely N-dealkylation sites (N-methyl/N-ethyl adjacent to an activating group) is 1. The molecule has 0 saturated heterocycles. The van der Waals surface area contributed by atoms with Gasteiger partial charge in [-0.1, -0.05) is 0 Å². The van der Waals surface area contributed by atoms with Gasteiger partial charge in [0.15, 0.2) is 0 Å². The fourth-order valence-electron chi connectivity index (χ4n) is 1.52. The van der Waals surface area contributed by atoms with Gasteiger partial charge in [-0.2, -0.15) is 5.10 Å². The summed E-state index contributed by atoms with van der Waals surface area (Å²) in [6.07, 6.45) is 1.98. The quantitative estimate of drug-likeness (QED) is 0.817. The Kier molecular flexibility index (Phi) is 4.50. The summed E-state index contributed by atoms with van der Waals surface area (Å²) in [6.45, 7) is 9.51. The Morgan fingerprint density at radius 3 is 2.62 bits per heavy atom. The number of nitrogens with one attached hydrogen (secondary N) is 1. The molecule has 1 heterocycles. The van der Waals surface area contributed by atoms with Crippen molar-refractivity contribution in [2.45, 2.75) is 32.9 Å². The average Bonchev–Trinajstić information content (AvgIpc) is 2.48. The second kappa shape index (κ2) is 5.46. The van der Waals surface area contributed by atoms with Crippen LogP contribution in [-0.2, 0) is 13.6 Å². The minimum atomic E-state index is 0.200. The van der Waals surface area contributed by atoms with E-state index in [1.807, 2.05) is 17.9 Å². The molecule has 0 saturated carbocycles. The predicted octanol–water partition coefficient (Wildman–Crippen LogP) is 1.24. The second-order valence-electron chi connectivity index (χ2n) is 5.40. The zero-order chi connectivity index (χ0) is 12.2. The lowest BCUT2D eigenvalue weighted by Gasteiger charge is -2.23. The first kappa shape index (κ1) is 13.2. The van der Waals surface area contributed by atoms with Crippen LogP contribution in [0.1, 0.15) is 26.5 Å². The number of aromatic nitrogens is 2. The minimum Gasteiger partial charge on any atom is -0.311 e. The SMILES string of the molecule is CN(CCNC(C)(C)C)Cc1ccn(C)n1. The van der Waals surface area contributed by atoms with E-state index in [0.29, 0.717) is 0 Å². The topological polar surface area (TPSA) is 33.1 Å². The molecule has 0 amide bonds.